The molecule has 0 aliphatic heterocycles. The Bertz CT molecular complexity index is 859. The predicted octanol–water partition coefficient (Wildman–Crippen LogP) is 0.621. The van der Waals surface area contributed by atoms with Gasteiger partial charge in [-0.25, -0.2) is 9.18 Å². The quantitative estimate of drug-likeness (QED) is 0.715. The minimum absolute atomic E-state index is 0.110. The fourth-order valence-corrected chi connectivity index (χ4v) is 2.00. The van der Waals surface area contributed by atoms with Gasteiger partial charge in [-0.15, -0.1) is 0 Å². The van der Waals surface area contributed by atoms with Crippen molar-refractivity contribution in [2.24, 2.45) is 0 Å². The number of aromatic amines is 1. The fourth-order valence-electron chi connectivity index (χ4n) is 2.00. The third kappa shape index (κ3) is 3.07. The minimum Gasteiger partial charge on any atom is -0.421 e. The molecular weight excluding hydrogens is 307 g/mol. The number of hydrogen-bond acceptors (Lipinski definition) is 5. The number of hydrogen-bond donors (Lipinski definition) is 3. The molecule has 3 N–H and O–H groups in total. The second-order valence-corrected chi connectivity index (χ2v) is 4.67. The first-order valence-corrected chi connectivity index (χ1v) is 6.73. The lowest BCUT2D eigenvalue weighted by Crippen LogP contribution is -2.41. The van der Waals surface area contributed by atoms with Crippen molar-refractivity contribution in [1.82, 2.24) is 9.71 Å². The summed E-state index contributed by atoms with van der Waals surface area (Å²) in [5.74, 6) is -1.47. The number of anilines is 2. The molecule has 0 saturated heterocycles. The molecule has 0 bridgehead atoms. The Kier molecular flexibility index (Phi) is 4.49. The second-order valence-electron chi connectivity index (χ2n) is 4.67. The van der Waals surface area contributed by atoms with Crippen molar-refractivity contribution in [2.75, 3.05) is 23.8 Å². The molecule has 122 valence electrons. The lowest BCUT2D eigenvalue weighted by molar-refractivity contribution is 0.0982. The SMILES string of the molecule is CCNc1[nH]c(=O)n(O)c(=O)c1C(=O)N(C)c1cccc(F)c1. The van der Waals surface area contributed by atoms with Crippen LogP contribution in [0.1, 0.15) is 17.3 Å². The van der Waals surface area contributed by atoms with Crippen LogP contribution < -0.4 is 21.5 Å². The number of rotatable bonds is 4. The highest BCUT2D eigenvalue weighted by Gasteiger charge is 2.24. The number of nitrogens with one attached hydrogen (secondary N) is 2. The van der Waals surface area contributed by atoms with Crippen molar-refractivity contribution in [3.05, 3.63) is 56.5 Å². The highest BCUT2D eigenvalue weighted by Crippen LogP contribution is 2.17. The molecule has 2 rings (SSSR count). The molecule has 0 aliphatic rings. The van der Waals surface area contributed by atoms with Crippen molar-refractivity contribution in [3.8, 4) is 0 Å². The van der Waals surface area contributed by atoms with E-state index in [0.29, 0.717) is 6.54 Å². The maximum absolute atomic E-state index is 13.3. The Balaban J connectivity index is 2.56. The normalized spacial score (nSPS) is 10.4. The molecule has 1 aromatic heterocycles. The van der Waals surface area contributed by atoms with E-state index in [4.69, 9.17) is 0 Å². The van der Waals surface area contributed by atoms with Crippen molar-refractivity contribution in [1.29, 1.82) is 0 Å². The Hall–Kier alpha value is -3.10. The number of carbonyl (C=O) groups is 1. The highest BCUT2D eigenvalue weighted by atomic mass is 19.1. The van der Waals surface area contributed by atoms with E-state index in [-0.39, 0.29) is 16.2 Å². The van der Waals surface area contributed by atoms with Crippen molar-refractivity contribution in [2.45, 2.75) is 6.92 Å². The Labute approximate surface area is 129 Å². The molecule has 0 radical (unpaired) electrons. The van der Waals surface area contributed by atoms with Crippen LogP contribution in [0.4, 0.5) is 15.9 Å². The number of aromatic nitrogens is 2. The standard InChI is InChI=1S/C14H15FN4O4/c1-3-16-11-10(13(21)19(23)14(22)17-11)12(20)18(2)9-6-4-5-8(15)7-9/h4-7,16,23H,3H2,1-2H3,(H,17,22). The first-order chi connectivity index (χ1) is 10.9. The lowest BCUT2D eigenvalue weighted by Gasteiger charge is -2.19. The van der Waals surface area contributed by atoms with Crippen LogP contribution in [0.5, 0.6) is 0 Å². The van der Waals surface area contributed by atoms with Gasteiger partial charge in [0.25, 0.3) is 5.91 Å². The molecule has 0 fully saturated rings. The average Bonchev–Trinajstić information content (AvgIpc) is 2.52. The van der Waals surface area contributed by atoms with Crippen LogP contribution in [0.15, 0.2) is 33.9 Å². The molecule has 8 nitrogen and oxygen atoms in total. The van der Waals surface area contributed by atoms with Crippen LogP contribution >= 0.6 is 0 Å². The third-order valence-electron chi connectivity index (χ3n) is 3.15. The molecule has 0 saturated carbocycles. The largest absolute Gasteiger partial charge is 0.421 e. The van der Waals surface area contributed by atoms with E-state index >= 15 is 0 Å². The van der Waals surface area contributed by atoms with Gasteiger partial charge in [-0.05, 0) is 25.1 Å². The fraction of sp³-hybridized carbons (Fsp3) is 0.214. The molecule has 23 heavy (non-hydrogen) atoms. The van der Waals surface area contributed by atoms with E-state index in [2.05, 4.69) is 10.3 Å². The van der Waals surface area contributed by atoms with Gasteiger partial charge in [-0.2, -0.15) is 0 Å². The first kappa shape index (κ1) is 16.3. The van der Waals surface area contributed by atoms with Gasteiger partial charge in [0, 0.05) is 19.3 Å². The average molecular weight is 322 g/mol. The van der Waals surface area contributed by atoms with Gasteiger partial charge < -0.3 is 15.4 Å². The minimum atomic E-state index is -1.17. The third-order valence-corrected chi connectivity index (χ3v) is 3.15. The summed E-state index contributed by atoms with van der Waals surface area (Å²) < 4.78 is 13.1. The van der Waals surface area contributed by atoms with Gasteiger partial charge in [0.05, 0.1) is 0 Å². The highest BCUT2D eigenvalue weighted by molar-refractivity contribution is 6.08. The van der Waals surface area contributed by atoms with Gasteiger partial charge in [0.15, 0.2) is 0 Å². The van der Waals surface area contributed by atoms with Crippen LogP contribution in [-0.4, -0.2) is 34.4 Å². The maximum atomic E-state index is 13.3. The van der Waals surface area contributed by atoms with Crippen LogP contribution in [0, 0.1) is 5.82 Å². The maximum Gasteiger partial charge on any atom is 0.363 e. The summed E-state index contributed by atoms with van der Waals surface area (Å²) in [5, 5.41) is 12.1. The summed E-state index contributed by atoms with van der Waals surface area (Å²) in [4.78, 5) is 39.3. The van der Waals surface area contributed by atoms with E-state index < -0.39 is 28.5 Å². The van der Waals surface area contributed by atoms with Gasteiger partial charge >= 0.3 is 11.2 Å². The molecule has 1 heterocycles. The number of H-pyrrole nitrogens is 1. The molecule has 9 heteroatoms. The second kappa shape index (κ2) is 6.34. The van der Waals surface area contributed by atoms with E-state index in [1.54, 1.807) is 6.92 Å². The molecular formula is C14H15FN4O4. The number of benzene rings is 1. The molecule has 0 unspecified atom stereocenters. The van der Waals surface area contributed by atoms with Crippen LogP contribution in [0.25, 0.3) is 0 Å². The van der Waals surface area contributed by atoms with Gasteiger partial charge in [-0.1, -0.05) is 10.8 Å². The number of nitrogens with zero attached hydrogens (tertiary/aromatic N) is 2. The molecule has 2 aromatic rings. The summed E-state index contributed by atoms with van der Waals surface area (Å²) in [6.07, 6.45) is 0. The Morgan fingerprint density at radius 3 is 2.74 bits per heavy atom. The Morgan fingerprint density at radius 1 is 1.43 bits per heavy atom. The summed E-state index contributed by atoms with van der Waals surface area (Å²) >= 11 is 0. The summed E-state index contributed by atoms with van der Waals surface area (Å²) in [6, 6.07) is 5.23. The lowest BCUT2D eigenvalue weighted by atomic mass is 10.2. The zero-order chi connectivity index (χ0) is 17.1. The van der Waals surface area contributed by atoms with Gasteiger partial charge in [0.1, 0.15) is 17.2 Å². The summed E-state index contributed by atoms with van der Waals surface area (Å²) in [5.41, 5.74) is -2.48. The molecule has 0 aliphatic carbocycles. The van der Waals surface area contributed by atoms with Crippen LogP contribution in [-0.2, 0) is 0 Å². The zero-order valence-corrected chi connectivity index (χ0v) is 12.5. The van der Waals surface area contributed by atoms with Crippen molar-refractivity contribution < 1.29 is 14.4 Å². The predicted molar refractivity (Wildman–Crippen MR) is 81.8 cm³/mol. The number of halogens is 1. The summed E-state index contributed by atoms with van der Waals surface area (Å²) in [7, 11) is 1.35. The van der Waals surface area contributed by atoms with Crippen molar-refractivity contribution in [3.63, 3.8) is 0 Å². The van der Waals surface area contributed by atoms with E-state index in [1.165, 1.54) is 25.2 Å². The van der Waals surface area contributed by atoms with Gasteiger partial charge in [0.2, 0.25) is 0 Å². The molecule has 1 aromatic carbocycles. The number of carbonyl (C=O) groups excluding carboxylic acids is 1. The monoisotopic (exact) mass is 322 g/mol. The number of amides is 1. The van der Waals surface area contributed by atoms with Crippen LogP contribution in [0.2, 0.25) is 0 Å². The van der Waals surface area contributed by atoms with E-state index in [0.717, 1.165) is 11.0 Å². The van der Waals surface area contributed by atoms with Crippen molar-refractivity contribution >= 4 is 17.4 Å². The molecule has 1 amide bonds. The Morgan fingerprint density at radius 2 is 2.13 bits per heavy atom. The first-order valence-electron chi connectivity index (χ1n) is 6.73. The summed E-state index contributed by atoms with van der Waals surface area (Å²) in [6.45, 7) is 2.03. The van der Waals surface area contributed by atoms with Crippen LogP contribution in [0.3, 0.4) is 0 Å². The molecule has 0 spiro atoms. The van der Waals surface area contributed by atoms with Gasteiger partial charge in [-0.3, -0.25) is 14.6 Å². The molecule has 0 atom stereocenters. The van der Waals surface area contributed by atoms with E-state index in [1.807, 2.05) is 0 Å². The topological polar surface area (TPSA) is 107 Å². The zero-order valence-electron chi connectivity index (χ0n) is 12.5. The smallest absolute Gasteiger partial charge is 0.363 e. The van der Waals surface area contributed by atoms with E-state index in [9.17, 15) is 24.0 Å².